The van der Waals surface area contributed by atoms with Crippen LogP contribution in [0.4, 0.5) is 5.69 Å². The van der Waals surface area contributed by atoms with Crippen LogP contribution in [0.15, 0.2) is 18.7 Å². The van der Waals surface area contributed by atoms with Gasteiger partial charge in [0.05, 0.1) is 4.88 Å². The highest BCUT2D eigenvalue weighted by atomic mass is 32.1. The van der Waals surface area contributed by atoms with E-state index < -0.39 is 0 Å². The summed E-state index contributed by atoms with van der Waals surface area (Å²) in [6, 6.07) is 1.72. The van der Waals surface area contributed by atoms with Crippen molar-refractivity contribution in [2.45, 2.75) is 6.92 Å². The molecule has 0 bridgehead atoms. The van der Waals surface area contributed by atoms with E-state index in [4.69, 9.17) is 5.73 Å². The maximum Gasteiger partial charge on any atom is 0.264 e. The average molecular weight is 210 g/mol. The fourth-order valence-corrected chi connectivity index (χ4v) is 2.00. The topological polar surface area (TPSA) is 46.3 Å². The standard InChI is InChI=1S/C10H14N2OS/c1-4-5-12(3)10(13)9-6-8(11)7(2)14-9/h4,6H,1,5,11H2,2-3H3. The summed E-state index contributed by atoms with van der Waals surface area (Å²) in [4.78, 5) is 15.0. The molecule has 0 fully saturated rings. The minimum absolute atomic E-state index is 0.00491. The zero-order valence-corrected chi connectivity index (χ0v) is 9.23. The number of nitrogen functional groups attached to an aromatic ring is 1. The van der Waals surface area contributed by atoms with Gasteiger partial charge in [0, 0.05) is 24.2 Å². The number of carbonyl (C=O) groups excluding carboxylic acids is 1. The Balaban J connectivity index is 2.83. The number of rotatable bonds is 3. The minimum atomic E-state index is -0.00491. The molecule has 0 radical (unpaired) electrons. The predicted octanol–water partition coefficient (Wildman–Crippen LogP) is 1.90. The molecule has 4 heteroatoms. The number of aryl methyl sites for hydroxylation is 1. The summed E-state index contributed by atoms with van der Waals surface area (Å²) in [5.74, 6) is -0.00491. The number of likely N-dealkylation sites (N-methyl/N-ethyl adjacent to an activating group) is 1. The van der Waals surface area contributed by atoms with Gasteiger partial charge in [0.25, 0.3) is 5.91 Å². The van der Waals surface area contributed by atoms with Gasteiger partial charge in [0.2, 0.25) is 0 Å². The number of hydrogen-bond donors (Lipinski definition) is 1. The summed E-state index contributed by atoms with van der Waals surface area (Å²) in [6.07, 6.45) is 1.70. The lowest BCUT2D eigenvalue weighted by Crippen LogP contribution is -2.25. The van der Waals surface area contributed by atoms with Crippen LogP contribution in [0.25, 0.3) is 0 Å². The van der Waals surface area contributed by atoms with E-state index in [1.165, 1.54) is 11.3 Å². The van der Waals surface area contributed by atoms with Crippen LogP contribution < -0.4 is 5.73 Å². The summed E-state index contributed by atoms with van der Waals surface area (Å²) in [6.45, 7) is 6.04. The number of anilines is 1. The number of thiophene rings is 1. The van der Waals surface area contributed by atoms with Crippen molar-refractivity contribution in [2.75, 3.05) is 19.3 Å². The SMILES string of the molecule is C=CCN(C)C(=O)c1cc(N)c(C)s1. The molecule has 1 heterocycles. The van der Waals surface area contributed by atoms with E-state index >= 15 is 0 Å². The van der Waals surface area contributed by atoms with Crippen LogP contribution in [-0.4, -0.2) is 24.4 Å². The first-order chi connectivity index (χ1) is 6.56. The van der Waals surface area contributed by atoms with Crippen molar-refractivity contribution in [1.29, 1.82) is 0 Å². The Morgan fingerprint density at radius 3 is 2.86 bits per heavy atom. The molecule has 1 aromatic rings. The number of hydrogen-bond acceptors (Lipinski definition) is 3. The minimum Gasteiger partial charge on any atom is -0.398 e. The molecule has 0 spiro atoms. The van der Waals surface area contributed by atoms with Gasteiger partial charge in [-0.2, -0.15) is 0 Å². The molecule has 3 nitrogen and oxygen atoms in total. The summed E-state index contributed by atoms with van der Waals surface area (Å²) in [7, 11) is 1.75. The fourth-order valence-electron chi connectivity index (χ4n) is 1.07. The van der Waals surface area contributed by atoms with E-state index in [0.717, 1.165) is 4.88 Å². The van der Waals surface area contributed by atoms with Gasteiger partial charge in [-0.25, -0.2) is 0 Å². The largest absolute Gasteiger partial charge is 0.398 e. The van der Waals surface area contributed by atoms with Crippen molar-refractivity contribution in [1.82, 2.24) is 4.90 Å². The normalized spacial score (nSPS) is 9.86. The molecule has 0 aliphatic rings. The molecule has 1 amide bonds. The lowest BCUT2D eigenvalue weighted by atomic mass is 10.3. The van der Waals surface area contributed by atoms with Crippen LogP contribution in [0.1, 0.15) is 14.5 Å². The molecular weight excluding hydrogens is 196 g/mol. The van der Waals surface area contributed by atoms with Gasteiger partial charge >= 0.3 is 0 Å². The molecule has 0 unspecified atom stereocenters. The van der Waals surface area contributed by atoms with E-state index in [1.54, 1.807) is 24.1 Å². The van der Waals surface area contributed by atoms with Crippen LogP contribution in [0.5, 0.6) is 0 Å². The quantitative estimate of drug-likeness (QED) is 0.774. The van der Waals surface area contributed by atoms with Gasteiger partial charge in [-0.1, -0.05) is 6.08 Å². The zero-order valence-electron chi connectivity index (χ0n) is 8.41. The molecule has 76 valence electrons. The van der Waals surface area contributed by atoms with Crippen LogP contribution in [0, 0.1) is 6.92 Å². The summed E-state index contributed by atoms with van der Waals surface area (Å²) in [5.41, 5.74) is 6.36. The predicted molar refractivity (Wildman–Crippen MR) is 60.6 cm³/mol. The zero-order chi connectivity index (χ0) is 10.7. The first-order valence-electron chi connectivity index (χ1n) is 4.28. The third-order valence-electron chi connectivity index (χ3n) is 1.92. The van der Waals surface area contributed by atoms with Crippen molar-refractivity contribution in [2.24, 2.45) is 0 Å². The average Bonchev–Trinajstić information content (AvgIpc) is 2.46. The molecule has 0 atom stereocenters. The fraction of sp³-hybridized carbons (Fsp3) is 0.300. The maximum absolute atomic E-state index is 11.7. The van der Waals surface area contributed by atoms with Crippen molar-refractivity contribution >= 4 is 22.9 Å². The van der Waals surface area contributed by atoms with Gasteiger partial charge in [-0.05, 0) is 13.0 Å². The van der Waals surface area contributed by atoms with Crippen LogP contribution in [-0.2, 0) is 0 Å². The van der Waals surface area contributed by atoms with Crippen LogP contribution in [0.2, 0.25) is 0 Å². The number of carbonyl (C=O) groups is 1. The molecule has 14 heavy (non-hydrogen) atoms. The van der Waals surface area contributed by atoms with Gasteiger partial charge in [0.1, 0.15) is 0 Å². The number of nitrogens with zero attached hydrogens (tertiary/aromatic N) is 1. The Bertz CT molecular complexity index is 338. The number of amides is 1. The van der Waals surface area contributed by atoms with Crippen molar-refractivity contribution in [3.05, 3.63) is 28.5 Å². The molecule has 0 saturated carbocycles. The van der Waals surface area contributed by atoms with Gasteiger partial charge in [-0.15, -0.1) is 17.9 Å². The molecule has 0 saturated heterocycles. The van der Waals surface area contributed by atoms with E-state index in [-0.39, 0.29) is 5.91 Å². The third-order valence-corrected chi connectivity index (χ3v) is 2.97. The highest BCUT2D eigenvalue weighted by Crippen LogP contribution is 2.24. The molecular formula is C10H14N2OS. The second-order valence-corrected chi connectivity index (χ2v) is 4.35. The van der Waals surface area contributed by atoms with Crippen molar-refractivity contribution in [3.8, 4) is 0 Å². The molecule has 1 aromatic heterocycles. The van der Waals surface area contributed by atoms with Gasteiger partial charge in [-0.3, -0.25) is 4.79 Å². The van der Waals surface area contributed by atoms with E-state index in [9.17, 15) is 4.79 Å². The second kappa shape index (κ2) is 4.28. The summed E-state index contributed by atoms with van der Waals surface area (Å²) >= 11 is 1.43. The Labute approximate surface area is 87.8 Å². The first-order valence-corrected chi connectivity index (χ1v) is 5.10. The van der Waals surface area contributed by atoms with Gasteiger partial charge in [0.15, 0.2) is 0 Å². The summed E-state index contributed by atoms with van der Waals surface area (Å²) < 4.78 is 0. The highest BCUT2D eigenvalue weighted by Gasteiger charge is 2.13. The lowest BCUT2D eigenvalue weighted by molar-refractivity contribution is 0.0815. The van der Waals surface area contributed by atoms with Crippen LogP contribution in [0.3, 0.4) is 0 Å². The Kier molecular flexibility index (Phi) is 3.30. The Morgan fingerprint density at radius 2 is 2.43 bits per heavy atom. The van der Waals surface area contributed by atoms with E-state index in [1.807, 2.05) is 6.92 Å². The monoisotopic (exact) mass is 210 g/mol. The van der Waals surface area contributed by atoms with E-state index in [2.05, 4.69) is 6.58 Å². The molecule has 0 aliphatic carbocycles. The summed E-state index contributed by atoms with van der Waals surface area (Å²) in [5, 5.41) is 0. The molecule has 0 aliphatic heterocycles. The molecule has 1 rings (SSSR count). The van der Waals surface area contributed by atoms with Gasteiger partial charge < -0.3 is 10.6 Å². The third kappa shape index (κ3) is 2.14. The molecule has 0 aromatic carbocycles. The first kappa shape index (κ1) is 10.8. The number of nitrogens with two attached hydrogens (primary N) is 1. The Morgan fingerprint density at radius 1 is 1.79 bits per heavy atom. The smallest absolute Gasteiger partial charge is 0.264 e. The highest BCUT2D eigenvalue weighted by molar-refractivity contribution is 7.14. The Hall–Kier alpha value is -1.29. The second-order valence-electron chi connectivity index (χ2n) is 3.10. The van der Waals surface area contributed by atoms with Crippen molar-refractivity contribution < 1.29 is 4.79 Å². The van der Waals surface area contributed by atoms with Crippen molar-refractivity contribution in [3.63, 3.8) is 0 Å². The molecule has 2 N–H and O–H groups in total. The van der Waals surface area contributed by atoms with E-state index in [0.29, 0.717) is 17.1 Å². The van der Waals surface area contributed by atoms with Crippen LogP contribution >= 0.6 is 11.3 Å². The lowest BCUT2D eigenvalue weighted by Gasteiger charge is -2.12. The maximum atomic E-state index is 11.7.